The molecule has 1 atom stereocenters. The highest BCUT2D eigenvalue weighted by Crippen LogP contribution is 2.21. The van der Waals surface area contributed by atoms with Gasteiger partial charge in [0.25, 0.3) is 0 Å². The third kappa shape index (κ3) is 1.90. The molecular weight excluding hydrogens is 206 g/mol. The third-order valence-electron chi connectivity index (χ3n) is 2.48. The van der Waals surface area contributed by atoms with Crippen LogP contribution in [-0.4, -0.2) is 23.0 Å². The zero-order valence-electron chi connectivity index (χ0n) is 8.93. The number of aromatic nitrogens is 2. The Morgan fingerprint density at radius 2 is 2.44 bits per heavy atom. The van der Waals surface area contributed by atoms with Crippen molar-refractivity contribution >= 4 is 16.9 Å². The Hall–Kier alpha value is -1.88. The zero-order chi connectivity index (χ0) is 11.5. The first-order valence-corrected chi connectivity index (χ1v) is 4.96. The van der Waals surface area contributed by atoms with Gasteiger partial charge >= 0.3 is 5.97 Å². The lowest BCUT2D eigenvalue weighted by Crippen LogP contribution is -2.17. The van der Waals surface area contributed by atoms with Crippen LogP contribution in [-0.2, 0) is 9.53 Å². The predicted molar refractivity (Wildman–Crippen MR) is 59.7 cm³/mol. The van der Waals surface area contributed by atoms with Gasteiger partial charge in [0.1, 0.15) is 0 Å². The first-order chi connectivity index (χ1) is 7.72. The first-order valence-electron chi connectivity index (χ1n) is 4.96. The molecule has 2 aromatic heterocycles. The zero-order valence-corrected chi connectivity index (χ0v) is 8.93. The van der Waals surface area contributed by atoms with E-state index >= 15 is 0 Å². The molecule has 16 heavy (non-hydrogen) atoms. The van der Waals surface area contributed by atoms with E-state index < -0.39 is 6.04 Å². The summed E-state index contributed by atoms with van der Waals surface area (Å²) in [5.41, 5.74) is 7.59. The number of fused-ring (bicyclic) bond motifs is 1. The number of esters is 1. The molecule has 2 heterocycles. The maximum absolute atomic E-state index is 11.1. The molecule has 5 heteroatoms. The standard InChI is InChI=1S/C11H13N3O2/c1-16-10(15)6-8(12)11-7-2-4-13-9(7)3-5-14-11/h2-5,8,13H,6,12H2,1H3/t8-/m1/s1. The van der Waals surface area contributed by atoms with Crippen LogP contribution in [0.5, 0.6) is 0 Å². The molecule has 0 fully saturated rings. The largest absolute Gasteiger partial charge is 0.469 e. The monoisotopic (exact) mass is 219 g/mol. The van der Waals surface area contributed by atoms with Gasteiger partial charge in [0.15, 0.2) is 0 Å². The summed E-state index contributed by atoms with van der Waals surface area (Å²) in [5.74, 6) is -0.332. The molecule has 2 aromatic rings. The van der Waals surface area contributed by atoms with Gasteiger partial charge in [-0.1, -0.05) is 0 Å². The van der Waals surface area contributed by atoms with Crippen LogP contribution in [0.3, 0.4) is 0 Å². The Kier molecular flexibility index (Phi) is 2.87. The molecule has 0 saturated carbocycles. The summed E-state index contributed by atoms with van der Waals surface area (Å²) < 4.78 is 4.58. The number of carbonyl (C=O) groups excluding carboxylic acids is 1. The van der Waals surface area contributed by atoms with Gasteiger partial charge in [0.2, 0.25) is 0 Å². The summed E-state index contributed by atoms with van der Waals surface area (Å²) in [6.45, 7) is 0. The van der Waals surface area contributed by atoms with E-state index in [2.05, 4.69) is 14.7 Å². The van der Waals surface area contributed by atoms with Crippen LogP contribution in [0.1, 0.15) is 18.2 Å². The van der Waals surface area contributed by atoms with Gasteiger partial charge in [0.05, 0.1) is 25.3 Å². The number of H-pyrrole nitrogens is 1. The van der Waals surface area contributed by atoms with E-state index in [0.717, 1.165) is 10.9 Å². The van der Waals surface area contributed by atoms with Gasteiger partial charge < -0.3 is 15.5 Å². The minimum absolute atomic E-state index is 0.133. The number of nitrogens with two attached hydrogens (primary N) is 1. The van der Waals surface area contributed by atoms with E-state index in [9.17, 15) is 4.79 Å². The number of rotatable bonds is 3. The molecule has 0 unspecified atom stereocenters. The molecule has 0 spiro atoms. The molecule has 0 aliphatic rings. The summed E-state index contributed by atoms with van der Waals surface area (Å²) in [5, 5.41) is 0.943. The summed E-state index contributed by atoms with van der Waals surface area (Å²) in [6, 6.07) is 3.32. The molecule has 5 nitrogen and oxygen atoms in total. The van der Waals surface area contributed by atoms with Crippen molar-refractivity contribution in [3.05, 3.63) is 30.2 Å². The van der Waals surface area contributed by atoms with Crippen molar-refractivity contribution in [1.82, 2.24) is 9.97 Å². The number of ether oxygens (including phenoxy) is 1. The van der Waals surface area contributed by atoms with E-state index in [0.29, 0.717) is 5.69 Å². The summed E-state index contributed by atoms with van der Waals surface area (Å²) in [6.07, 6.45) is 3.62. The lowest BCUT2D eigenvalue weighted by atomic mass is 10.1. The second-order valence-corrected chi connectivity index (χ2v) is 3.52. The summed E-state index contributed by atoms with van der Waals surface area (Å²) in [7, 11) is 1.35. The Morgan fingerprint density at radius 1 is 1.62 bits per heavy atom. The Morgan fingerprint density at radius 3 is 3.19 bits per heavy atom. The van der Waals surface area contributed by atoms with Gasteiger partial charge in [-0.3, -0.25) is 9.78 Å². The molecule has 0 amide bonds. The Balaban J connectivity index is 2.32. The lowest BCUT2D eigenvalue weighted by molar-refractivity contribution is -0.141. The van der Waals surface area contributed by atoms with E-state index in [1.807, 2.05) is 18.3 Å². The van der Waals surface area contributed by atoms with E-state index in [1.165, 1.54) is 7.11 Å². The molecule has 0 aliphatic carbocycles. The van der Waals surface area contributed by atoms with Crippen molar-refractivity contribution in [3.8, 4) is 0 Å². The van der Waals surface area contributed by atoms with Crippen LogP contribution >= 0.6 is 0 Å². The van der Waals surface area contributed by atoms with E-state index in [1.54, 1.807) is 6.20 Å². The molecule has 2 rings (SSSR count). The van der Waals surface area contributed by atoms with Gasteiger partial charge in [0, 0.05) is 23.3 Å². The molecule has 0 saturated heterocycles. The van der Waals surface area contributed by atoms with Crippen LogP contribution in [0.25, 0.3) is 10.9 Å². The number of methoxy groups -OCH3 is 1. The van der Waals surface area contributed by atoms with Crippen LogP contribution in [0.15, 0.2) is 24.5 Å². The molecule has 3 N–H and O–H groups in total. The highest BCUT2D eigenvalue weighted by atomic mass is 16.5. The fraction of sp³-hybridized carbons (Fsp3) is 0.273. The van der Waals surface area contributed by atoms with Crippen LogP contribution in [0.4, 0.5) is 0 Å². The normalized spacial score (nSPS) is 12.6. The predicted octanol–water partition coefficient (Wildman–Crippen LogP) is 1.13. The molecule has 0 radical (unpaired) electrons. The smallest absolute Gasteiger partial charge is 0.307 e. The maximum Gasteiger partial charge on any atom is 0.307 e. The van der Waals surface area contributed by atoms with Crippen molar-refractivity contribution in [3.63, 3.8) is 0 Å². The summed E-state index contributed by atoms with van der Waals surface area (Å²) in [4.78, 5) is 18.4. The molecular formula is C11H13N3O2. The SMILES string of the molecule is COC(=O)C[C@@H](N)c1nccc2[nH]ccc12. The average molecular weight is 219 g/mol. The van der Waals surface area contributed by atoms with Gasteiger partial charge in [-0.05, 0) is 12.1 Å². The number of hydrogen-bond acceptors (Lipinski definition) is 4. The van der Waals surface area contributed by atoms with Crippen LogP contribution < -0.4 is 5.73 Å². The highest BCUT2D eigenvalue weighted by Gasteiger charge is 2.15. The van der Waals surface area contributed by atoms with E-state index in [-0.39, 0.29) is 12.4 Å². The van der Waals surface area contributed by atoms with Gasteiger partial charge in [-0.2, -0.15) is 0 Å². The number of aromatic amines is 1. The fourth-order valence-corrected chi connectivity index (χ4v) is 1.66. The molecule has 0 bridgehead atoms. The number of pyridine rings is 1. The second kappa shape index (κ2) is 4.32. The molecule has 84 valence electrons. The first kappa shape index (κ1) is 10.6. The van der Waals surface area contributed by atoms with Crippen molar-refractivity contribution in [1.29, 1.82) is 0 Å². The van der Waals surface area contributed by atoms with Crippen LogP contribution in [0, 0.1) is 0 Å². The van der Waals surface area contributed by atoms with E-state index in [4.69, 9.17) is 5.73 Å². The minimum Gasteiger partial charge on any atom is -0.469 e. The average Bonchev–Trinajstić information content (AvgIpc) is 2.76. The molecule has 0 aromatic carbocycles. The molecule has 0 aliphatic heterocycles. The second-order valence-electron chi connectivity index (χ2n) is 3.52. The van der Waals surface area contributed by atoms with Crippen LogP contribution in [0.2, 0.25) is 0 Å². The van der Waals surface area contributed by atoms with Crippen molar-refractivity contribution < 1.29 is 9.53 Å². The maximum atomic E-state index is 11.1. The van der Waals surface area contributed by atoms with Crippen molar-refractivity contribution in [2.24, 2.45) is 5.73 Å². The summed E-state index contributed by atoms with van der Waals surface area (Å²) >= 11 is 0. The van der Waals surface area contributed by atoms with Crippen molar-refractivity contribution in [2.75, 3.05) is 7.11 Å². The quantitative estimate of drug-likeness (QED) is 0.758. The van der Waals surface area contributed by atoms with Gasteiger partial charge in [-0.25, -0.2) is 0 Å². The highest BCUT2D eigenvalue weighted by molar-refractivity contribution is 5.82. The van der Waals surface area contributed by atoms with Crippen molar-refractivity contribution in [2.45, 2.75) is 12.5 Å². The Labute approximate surface area is 92.6 Å². The third-order valence-corrected chi connectivity index (χ3v) is 2.48. The number of nitrogens with zero attached hydrogens (tertiary/aromatic N) is 1. The number of carbonyl (C=O) groups is 1. The topological polar surface area (TPSA) is 81.0 Å². The number of hydrogen-bond donors (Lipinski definition) is 2. The Bertz CT molecular complexity index is 507. The fourth-order valence-electron chi connectivity index (χ4n) is 1.66. The van der Waals surface area contributed by atoms with Gasteiger partial charge in [-0.15, -0.1) is 0 Å². The lowest BCUT2D eigenvalue weighted by Gasteiger charge is -2.10. The minimum atomic E-state index is -0.438. The number of nitrogens with one attached hydrogen (secondary N) is 1.